The fourth-order valence-electron chi connectivity index (χ4n) is 3.84. The fraction of sp³-hybridized carbons (Fsp3) is 0.733. The summed E-state index contributed by atoms with van der Waals surface area (Å²) < 4.78 is 0. The van der Waals surface area contributed by atoms with Crippen molar-refractivity contribution in [1.82, 2.24) is 10.2 Å². The topological polar surface area (TPSA) is 89.9 Å². The Labute approximate surface area is 133 Å². The van der Waals surface area contributed by atoms with Gasteiger partial charge in [0.05, 0.1) is 18.1 Å². The molecule has 1 unspecified atom stereocenters. The molecule has 2 fully saturated rings. The van der Waals surface area contributed by atoms with Gasteiger partial charge in [-0.15, -0.1) is 11.8 Å². The lowest BCUT2D eigenvalue weighted by molar-refractivity contribution is -0.163. The van der Waals surface area contributed by atoms with Crippen LogP contribution in [0.4, 0.5) is 0 Å². The van der Waals surface area contributed by atoms with E-state index >= 15 is 0 Å². The molecule has 0 radical (unpaired) electrons. The average molecular weight is 326 g/mol. The Balaban J connectivity index is 1.87. The number of rotatable bonds is 4. The normalized spacial score (nSPS) is 39.0. The van der Waals surface area contributed by atoms with E-state index in [0.717, 1.165) is 17.9 Å². The van der Waals surface area contributed by atoms with Gasteiger partial charge in [0.15, 0.2) is 0 Å². The van der Waals surface area contributed by atoms with Gasteiger partial charge < -0.3 is 20.4 Å². The number of hydrogen-bond donors (Lipinski definition) is 3. The molecule has 22 heavy (non-hydrogen) atoms. The van der Waals surface area contributed by atoms with Gasteiger partial charge in [-0.05, 0) is 20.3 Å². The summed E-state index contributed by atoms with van der Waals surface area (Å²) in [6, 6.07) is 0.222. The largest absolute Gasteiger partial charge is 0.477 e. The number of fused-ring (bicyclic) bond motifs is 1. The van der Waals surface area contributed by atoms with Crippen molar-refractivity contribution in [2.24, 2.45) is 11.8 Å². The number of carbonyl (C=O) groups excluding carboxylic acids is 1. The van der Waals surface area contributed by atoms with Crippen LogP contribution in [0, 0.1) is 11.8 Å². The SMILES string of the molecule is C[C@@H]1C[C@H](SC2=C(C(=O)O)N3C(=O)[C@H]([C@@H](C)O)C3[C@H]2C)CN1. The minimum atomic E-state index is -1.05. The number of aliphatic hydroxyl groups excluding tert-OH is 1. The molecular formula is C15H22N2O4S. The Bertz CT molecular complexity index is 548. The van der Waals surface area contributed by atoms with Gasteiger partial charge in [0.25, 0.3) is 0 Å². The van der Waals surface area contributed by atoms with Crippen LogP contribution in [0.5, 0.6) is 0 Å². The number of nitrogens with one attached hydrogen (secondary N) is 1. The van der Waals surface area contributed by atoms with Crippen LogP contribution in [0.3, 0.4) is 0 Å². The van der Waals surface area contributed by atoms with E-state index in [2.05, 4.69) is 12.2 Å². The van der Waals surface area contributed by atoms with Crippen LogP contribution >= 0.6 is 11.8 Å². The summed E-state index contributed by atoms with van der Waals surface area (Å²) in [5, 5.41) is 23.1. The van der Waals surface area contributed by atoms with E-state index in [0.29, 0.717) is 11.3 Å². The summed E-state index contributed by atoms with van der Waals surface area (Å²) >= 11 is 1.59. The van der Waals surface area contributed by atoms with E-state index in [-0.39, 0.29) is 23.6 Å². The minimum absolute atomic E-state index is 0.0377. The van der Waals surface area contributed by atoms with Crippen molar-refractivity contribution in [3.63, 3.8) is 0 Å². The van der Waals surface area contributed by atoms with Crippen LogP contribution in [0.1, 0.15) is 27.2 Å². The number of hydrogen-bond acceptors (Lipinski definition) is 5. The van der Waals surface area contributed by atoms with E-state index in [1.807, 2.05) is 6.92 Å². The molecule has 6 atom stereocenters. The van der Waals surface area contributed by atoms with Crippen molar-refractivity contribution in [3.8, 4) is 0 Å². The molecule has 0 saturated carbocycles. The van der Waals surface area contributed by atoms with Gasteiger partial charge in [0, 0.05) is 28.7 Å². The molecule has 0 aromatic rings. The number of β-lactam (4-membered cyclic amide) rings is 1. The van der Waals surface area contributed by atoms with Gasteiger partial charge in [-0.3, -0.25) is 4.79 Å². The number of carbonyl (C=O) groups is 2. The molecule has 0 aromatic heterocycles. The lowest BCUT2D eigenvalue weighted by atomic mass is 9.79. The van der Waals surface area contributed by atoms with Crippen molar-refractivity contribution in [1.29, 1.82) is 0 Å². The van der Waals surface area contributed by atoms with Crippen LogP contribution in [-0.4, -0.2) is 57.0 Å². The number of aliphatic hydroxyl groups is 1. The van der Waals surface area contributed by atoms with Crippen LogP contribution in [-0.2, 0) is 9.59 Å². The minimum Gasteiger partial charge on any atom is -0.477 e. The first kappa shape index (κ1) is 15.8. The molecule has 0 aromatic carbocycles. The highest BCUT2D eigenvalue weighted by atomic mass is 32.2. The third-order valence-electron chi connectivity index (χ3n) is 4.92. The van der Waals surface area contributed by atoms with E-state index < -0.39 is 18.0 Å². The lowest BCUT2D eigenvalue weighted by Crippen LogP contribution is -2.63. The zero-order chi connectivity index (χ0) is 16.2. The molecule has 2 saturated heterocycles. The molecule has 3 N–H and O–H groups in total. The van der Waals surface area contributed by atoms with Crippen LogP contribution in [0.25, 0.3) is 0 Å². The predicted molar refractivity (Wildman–Crippen MR) is 83.1 cm³/mol. The van der Waals surface area contributed by atoms with Crippen molar-refractivity contribution < 1.29 is 19.8 Å². The van der Waals surface area contributed by atoms with Gasteiger partial charge in [-0.25, -0.2) is 4.79 Å². The monoisotopic (exact) mass is 326 g/mol. The van der Waals surface area contributed by atoms with Crippen molar-refractivity contribution in [3.05, 3.63) is 10.6 Å². The second-order valence-corrected chi connectivity index (χ2v) is 7.90. The van der Waals surface area contributed by atoms with Crippen molar-refractivity contribution in [2.75, 3.05) is 6.54 Å². The molecule has 6 nitrogen and oxygen atoms in total. The third kappa shape index (κ3) is 2.26. The zero-order valence-corrected chi connectivity index (χ0v) is 13.8. The van der Waals surface area contributed by atoms with E-state index in [1.54, 1.807) is 18.7 Å². The van der Waals surface area contributed by atoms with Gasteiger partial charge in [0.2, 0.25) is 5.91 Å². The second-order valence-electron chi connectivity index (χ2n) is 6.56. The van der Waals surface area contributed by atoms with Gasteiger partial charge >= 0.3 is 5.97 Å². The van der Waals surface area contributed by atoms with Crippen LogP contribution in [0.15, 0.2) is 10.6 Å². The predicted octanol–water partition coefficient (Wildman–Crippen LogP) is 0.624. The maximum Gasteiger partial charge on any atom is 0.353 e. The number of nitrogens with zero attached hydrogens (tertiary/aromatic N) is 1. The highest BCUT2D eigenvalue weighted by Gasteiger charge is 2.60. The molecule has 0 spiro atoms. The average Bonchev–Trinajstić information content (AvgIpc) is 2.92. The van der Waals surface area contributed by atoms with Crippen LogP contribution in [0.2, 0.25) is 0 Å². The van der Waals surface area contributed by atoms with E-state index in [9.17, 15) is 19.8 Å². The quantitative estimate of drug-likeness (QED) is 0.656. The van der Waals surface area contributed by atoms with Gasteiger partial charge in [0.1, 0.15) is 5.70 Å². The molecule has 3 rings (SSSR count). The molecule has 3 aliphatic heterocycles. The maximum absolute atomic E-state index is 12.2. The Morgan fingerprint density at radius 1 is 1.45 bits per heavy atom. The second kappa shape index (κ2) is 5.54. The summed E-state index contributed by atoms with van der Waals surface area (Å²) in [5.74, 6) is -1.83. The van der Waals surface area contributed by atoms with Gasteiger partial charge in [-0.2, -0.15) is 0 Å². The highest BCUT2D eigenvalue weighted by molar-refractivity contribution is 8.03. The Hall–Kier alpha value is -1.05. The number of carboxylic acids is 1. The molecule has 7 heteroatoms. The molecule has 1 amide bonds. The smallest absolute Gasteiger partial charge is 0.353 e. The summed E-state index contributed by atoms with van der Waals surface area (Å²) in [6.07, 6.45) is 0.246. The molecule has 3 aliphatic rings. The van der Waals surface area contributed by atoms with E-state index in [4.69, 9.17) is 0 Å². The first-order valence-corrected chi connectivity index (χ1v) is 8.59. The molecular weight excluding hydrogens is 304 g/mol. The van der Waals surface area contributed by atoms with Crippen molar-refractivity contribution >= 4 is 23.6 Å². The Morgan fingerprint density at radius 2 is 2.14 bits per heavy atom. The summed E-state index contributed by atoms with van der Waals surface area (Å²) in [6.45, 7) is 6.53. The number of aliphatic carboxylic acids is 1. The summed E-state index contributed by atoms with van der Waals surface area (Å²) in [5.41, 5.74) is 0.129. The molecule has 3 heterocycles. The van der Waals surface area contributed by atoms with Crippen LogP contribution < -0.4 is 5.32 Å². The highest BCUT2D eigenvalue weighted by Crippen LogP contribution is 2.51. The van der Waals surface area contributed by atoms with Crippen molar-refractivity contribution in [2.45, 2.75) is 50.6 Å². The summed E-state index contributed by atoms with van der Waals surface area (Å²) in [7, 11) is 0. The first-order valence-electron chi connectivity index (χ1n) is 7.71. The Kier molecular flexibility index (Phi) is 3.99. The number of thioether (sulfide) groups is 1. The standard InChI is InChI=1S/C15H22N2O4S/c1-6-4-9(5-16-6)22-13-7(2)11-10(8(3)18)14(19)17(11)12(13)15(20)21/h6-11,16,18H,4-5H2,1-3H3,(H,20,21)/t6-,7-,8-,9+,10-,11?/m1/s1. The zero-order valence-electron chi connectivity index (χ0n) is 12.9. The van der Waals surface area contributed by atoms with Gasteiger partial charge in [-0.1, -0.05) is 6.92 Å². The lowest BCUT2D eigenvalue weighted by Gasteiger charge is -2.46. The molecule has 0 aliphatic carbocycles. The fourth-order valence-corrected chi connectivity index (χ4v) is 5.42. The van der Waals surface area contributed by atoms with E-state index in [1.165, 1.54) is 4.90 Å². The Morgan fingerprint density at radius 3 is 2.64 bits per heavy atom. The maximum atomic E-state index is 12.2. The number of amides is 1. The number of carboxylic acid groups (broad SMARTS) is 1. The molecule has 0 bridgehead atoms. The first-order chi connectivity index (χ1) is 10.3. The third-order valence-corrected chi connectivity index (χ3v) is 6.43. The summed E-state index contributed by atoms with van der Waals surface area (Å²) in [4.78, 5) is 26.1. The molecule has 122 valence electrons.